The van der Waals surface area contributed by atoms with Crippen molar-refractivity contribution in [3.8, 4) is 0 Å². The van der Waals surface area contributed by atoms with Gasteiger partial charge in [-0.1, -0.05) is 30.3 Å². The van der Waals surface area contributed by atoms with Gasteiger partial charge < -0.3 is 14.6 Å². The van der Waals surface area contributed by atoms with Gasteiger partial charge in [-0.15, -0.1) is 0 Å². The predicted molar refractivity (Wildman–Crippen MR) is 136 cm³/mol. The number of cyclic esters (lactones) is 1. The molecule has 2 aromatic carbocycles. The van der Waals surface area contributed by atoms with E-state index >= 15 is 0 Å². The van der Waals surface area contributed by atoms with E-state index in [4.69, 9.17) is 14.9 Å². The molecule has 11 nitrogen and oxygen atoms in total. The Balaban J connectivity index is 1.24. The lowest BCUT2D eigenvalue weighted by Crippen LogP contribution is -2.53. The van der Waals surface area contributed by atoms with Crippen LogP contribution in [0, 0.1) is 5.41 Å². The van der Waals surface area contributed by atoms with E-state index in [-0.39, 0.29) is 18.5 Å². The second-order valence-corrected chi connectivity index (χ2v) is 9.08. The zero-order chi connectivity index (χ0) is 26.4. The first-order valence-corrected chi connectivity index (χ1v) is 12.1. The van der Waals surface area contributed by atoms with Crippen molar-refractivity contribution in [2.45, 2.75) is 25.7 Å². The number of rotatable bonds is 8. The normalized spacial score (nSPS) is 19.2. The van der Waals surface area contributed by atoms with Crippen LogP contribution in [0.25, 0.3) is 0 Å². The standard InChI is InChI=1S/C26H31N5O6/c1-18(24(32)33)30-13-11-29(12-14-30)15-22-16-31(26(35)37-22)21-9-7-20(8-10-21)23(27)28-25(34)36-17-19-5-3-2-4-6-19/h2-10,18,22H,11-17H2,1H3,(H,32,33)(H2,27,28,34). The summed E-state index contributed by atoms with van der Waals surface area (Å²) in [5.74, 6) is -0.934. The summed E-state index contributed by atoms with van der Waals surface area (Å²) in [7, 11) is 0. The second-order valence-electron chi connectivity index (χ2n) is 9.08. The van der Waals surface area contributed by atoms with E-state index in [9.17, 15) is 19.5 Å². The van der Waals surface area contributed by atoms with Gasteiger partial charge in [0.1, 0.15) is 24.6 Å². The van der Waals surface area contributed by atoms with Crippen LogP contribution in [0.3, 0.4) is 0 Å². The van der Waals surface area contributed by atoms with Gasteiger partial charge in [0.25, 0.3) is 0 Å². The molecule has 2 amide bonds. The number of carbonyl (C=O) groups excluding carboxylic acids is 2. The summed E-state index contributed by atoms with van der Waals surface area (Å²) >= 11 is 0. The topological polar surface area (TPSA) is 136 Å². The number of alkyl carbamates (subject to hydrolysis) is 1. The number of benzene rings is 2. The molecule has 0 saturated carbocycles. The predicted octanol–water partition coefficient (Wildman–Crippen LogP) is 2.35. The number of amidine groups is 1. The molecule has 37 heavy (non-hydrogen) atoms. The number of nitrogens with zero attached hydrogens (tertiary/aromatic N) is 3. The number of anilines is 1. The minimum Gasteiger partial charge on any atom is -0.480 e. The van der Waals surface area contributed by atoms with E-state index in [2.05, 4.69) is 10.2 Å². The molecule has 2 aromatic rings. The van der Waals surface area contributed by atoms with E-state index < -0.39 is 24.2 Å². The Morgan fingerprint density at radius 1 is 1.11 bits per heavy atom. The molecule has 0 aliphatic carbocycles. The SMILES string of the molecule is CC(C(=O)O)N1CCN(CC2CN(c3ccc(C(=N)NC(=O)OCc4ccccc4)cc3)C(=O)O2)CC1. The molecule has 11 heteroatoms. The van der Waals surface area contributed by atoms with E-state index in [1.165, 1.54) is 0 Å². The summed E-state index contributed by atoms with van der Waals surface area (Å²) in [6.07, 6.45) is -1.45. The number of ether oxygens (including phenoxy) is 2. The Labute approximate surface area is 215 Å². The molecule has 0 radical (unpaired) electrons. The molecule has 2 heterocycles. The third-order valence-electron chi connectivity index (χ3n) is 6.56. The highest BCUT2D eigenvalue weighted by Crippen LogP contribution is 2.23. The zero-order valence-electron chi connectivity index (χ0n) is 20.6. The summed E-state index contributed by atoms with van der Waals surface area (Å²) < 4.78 is 10.7. The van der Waals surface area contributed by atoms with Crippen molar-refractivity contribution in [1.29, 1.82) is 5.41 Å². The molecule has 2 unspecified atom stereocenters. The number of carboxylic acids is 1. The van der Waals surface area contributed by atoms with Crippen LogP contribution in [-0.4, -0.2) is 90.3 Å². The van der Waals surface area contributed by atoms with Gasteiger partial charge in [0, 0.05) is 44.0 Å². The highest BCUT2D eigenvalue weighted by Gasteiger charge is 2.34. The summed E-state index contributed by atoms with van der Waals surface area (Å²) in [4.78, 5) is 41.4. The molecule has 0 aromatic heterocycles. The first kappa shape index (κ1) is 26.1. The van der Waals surface area contributed by atoms with Crippen LogP contribution in [0.1, 0.15) is 18.1 Å². The van der Waals surface area contributed by atoms with Crippen LogP contribution in [0.4, 0.5) is 15.3 Å². The molecule has 2 aliphatic rings. The quantitative estimate of drug-likeness (QED) is 0.365. The zero-order valence-corrected chi connectivity index (χ0v) is 20.6. The fourth-order valence-corrected chi connectivity index (χ4v) is 4.35. The van der Waals surface area contributed by atoms with Crippen LogP contribution in [0.15, 0.2) is 54.6 Å². The average molecular weight is 510 g/mol. The van der Waals surface area contributed by atoms with E-state index in [0.29, 0.717) is 50.5 Å². The Morgan fingerprint density at radius 2 is 1.78 bits per heavy atom. The van der Waals surface area contributed by atoms with E-state index in [1.54, 1.807) is 36.1 Å². The lowest BCUT2D eigenvalue weighted by atomic mass is 10.1. The molecule has 2 saturated heterocycles. The van der Waals surface area contributed by atoms with Crippen LogP contribution in [-0.2, 0) is 20.9 Å². The van der Waals surface area contributed by atoms with E-state index in [1.807, 2.05) is 35.2 Å². The number of carbonyl (C=O) groups is 3. The van der Waals surface area contributed by atoms with Gasteiger partial charge in [-0.05, 0) is 36.8 Å². The summed E-state index contributed by atoms with van der Waals surface area (Å²) in [5, 5.41) is 19.7. The Bertz CT molecular complexity index is 1120. The molecule has 0 bridgehead atoms. The maximum absolute atomic E-state index is 12.5. The second kappa shape index (κ2) is 11.8. The molecular weight excluding hydrogens is 478 g/mol. The third-order valence-corrected chi connectivity index (χ3v) is 6.56. The third kappa shape index (κ3) is 6.83. The first-order valence-electron chi connectivity index (χ1n) is 12.1. The number of aliphatic carboxylic acids is 1. The molecule has 3 N–H and O–H groups in total. The molecule has 196 valence electrons. The first-order chi connectivity index (χ1) is 17.8. The Hall–Kier alpha value is -3.96. The summed E-state index contributed by atoms with van der Waals surface area (Å²) in [6, 6.07) is 15.5. The van der Waals surface area contributed by atoms with Gasteiger partial charge in [-0.25, -0.2) is 9.59 Å². The monoisotopic (exact) mass is 509 g/mol. The maximum Gasteiger partial charge on any atom is 0.414 e. The fourth-order valence-electron chi connectivity index (χ4n) is 4.35. The minimum absolute atomic E-state index is 0.105. The molecular formula is C26H31N5O6. The lowest BCUT2D eigenvalue weighted by molar-refractivity contribution is -0.143. The van der Waals surface area contributed by atoms with Crippen LogP contribution >= 0.6 is 0 Å². The van der Waals surface area contributed by atoms with Gasteiger partial charge in [0.15, 0.2) is 0 Å². The lowest BCUT2D eigenvalue weighted by Gasteiger charge is -2.37. The summed E-state index contributed by atoms with van der Waals surface area (Å²) in [6.45, 7) is 5.49. The minimum atomic E-state index is -0.825. The Morgan fingerprint density at radius 3 is 2.43 bits per heavy atom. The van der Waals surface area contributed by atoms with Crippen molar-refractivity contribution in [3.63, 3.8) is 0 Å². The average Bonchev–Trinajstić information content (AvgIpc) is 3.27. The van der Waals surface area contributed by atoms with Crippen molar-refractivity contribution in [2.75, 3.05) is 44.2 Å². The van der Waals surface area contributed by atoms with Gasteiger partial charge in [-0.2, -0.15) is 0 Å². The largest absolute Gasteiger partial charge is 0.480 e. The van der Waals surface area contributed by atoms with E-state index in [0.717, 1.165) is 5.56 Å². The molecule has 2 aliphatic heterocycles. The summed E-state index contributed by atoms with van der Waals surface area (Å²) in [5.41, 5.74) is 1.95. The molecule has 0 spiro atoms. The highest BCUT2D eigenvalue weighted by atomic mass is 16.6. The van der Waals surface area contributed by atoms with Gasteiger partial charge >= 0.3 is 18.2 Å². The van der Waals surface area contributed by atoms with Gasteiger partial charge in [-0.3, -0.25) is 30.2 Å². The number of hydrogen-bond donors (Lipinski definition) is 3. The van der Waals surface area contributed by atoms with Crippen molar-refractivity contribution in [2.24, 2.45) is 0 Å². The maximum atomic E-state index is 12.5. The number of nitrogens with one attached hydrogen (secondary N) is 2. The van der Waals surface area contributed by atoms with Crippen molar-refractivity contribution >= 4 is 29.7 Å². The van der Waals surface area contributed by atoms with Crippen LogP contribution in [0.5, 0.6) is 0 Å². The van der Waals surface area contributed by atoms with Crippen molar-refractivity contribution in [1.82, 2.24) is 15.1 Å². The van der Waals surface area contributed by atoms with Crippen LogP contribution in [0.2, 0.25) is 0 Å². The van der Waals surface area contributed by atoms with Gasteiger partial charge in [0.2, 0.25) is 0 Å². The van der Waals surface area contributed by atoms with Crippen LogP contribution < -0.4 is 10.2 Å². The Kier molecular flexibility index (Phi) is 8.36. The molecule has 2 atom stereocenters. The fraction of sp³-hybridized carbons (Fsp3) is 0.385. The smallest absolute Gasteiger partial charge is 0.414 e. The number of carboxylic acid groups (broad SMARTS) is 1. The van der Waals surface area contributed by atoms with Crippen molar-refractivity contribution in [3.05, 3.63) is 65.7 Å². The highest BCUT2D eigenvalue weighted by molar-refractivity contribution is 6.04. The number of amides is 2. The number of hydrogen-bond acceptors (Lipinski definition) is 8. The number of piperazine rings is 1. The van der Waals surface area contributed by atoms with Crippen molar-refractivity contribution < 1.29 is 29.0 Å². The molecule has 4 rings (SSSR count). The van der Waals surface area contributed by atoms with Gasteiger partial charge in [0.05, 0.1) is 6.54 Å². The molecule has 2 fully saturated rings.